The van der Waals surface area contributed by atoms with Gasteiger partial charge in [-0.2, -0.15) is 4.98 Å². The predicted molar refractivity (Wildman–Crippen MR) is 103 cm³/mol. The molecule has 2 aromatic carbocycles. The zero-order valence-corrected chi connectivity index (χ0v) is 14.9. The summed E-state index contributed by atoms with van der Waals surface area (Å²) in [5, 5.41) is 2.87. The normalized spacial score (nSPS) is 17.8. The van der Waals surface area contributed by atoms with Gasteiger partial charge in [0.25, 0.3) is 6.01 Å². The number of aldehydes is 1. The molecule has 0 saturated carbocycles. The number of fused-ring (bicyclic) bond motifs is 1. The molecule has 2 heterocycles. The molecule has 1 aromatic heterocycles. The maximum Gasteiger partial charge on any atom is 0.299 e. The molecule has 0 aliphatic carbocycles. The van der Waals surface area contributed by atoms with E-state index in [1.54, 1.807) is 0 Å². The average Bonchev–Trinajstić information content (AvgIpc) is 3.34. The molecule has 1 amide bonds. The van der Waals surface area contributed by atoms with E-state index in [0.29, 0.717) is 31.0 Å². The van der Waals surface area contributed by atoms with Gasteiger partial charge in [-0.15, -0.1) is 0 Å². The van der Waals surface area contributed by atoms with Crippen molar-refractivity contribution in [3.63, 3.8) is 0 Å². The van der Waals surface area contributed by atoms with Gasteiger partial charge in [-0.25, -0.2) is 0 Å². The number of para-hydroxylation sites is 2. The molecule has 3 aromatic rings. The lowest BCUT2D eigenvalue weighted by molar-refractivity contribution is -0.125. The van der Waals surface area contributed by atoms with Crippen LogP contribution in [0.5, 0.6) is 0 Å². The Labute approximate surface area is 157 Å². The van der Waals surface area contributed by atoms with Crippen LogP contribution in [0.3, 0.4) is 0 Å². The number of aromatic nitrogens is 1. The quantitative estimate of drug-likeness (QED) is 0.682. The fraction of sp³-hybridized carbons (Fsp3) is 0.286. The van der Waals surface area contributed by atoms with E-state index in [0.717, 1.165) is 23.8 Å². The van der Waals surface area contributed by atoms with Crippen LogP contribution in [-0.4, -0.2) is 35.8 Å². The lowest BCUT2D eigenvalue weighted by Gasteiger charge is -2.23. The molecule has 1 saturated heterocycles. The monoisotopic (exact) mass is 363 g/mol. The molecule has 1 N–H and O–H groups in total. The average molecular weight is 363 g/mol. The van der Waals surface area contributed by atoms with Gasteiger partial charge in [0.2, 0.25) is 5.91 Å². The number of hydrogen-bond donors (Lipinski definition) is 1. The fourth-order valence-electron chi connectivity index (χ4n) is 3.53. The second-order valence-corrected chi connectivity index (χ2v) is 6.76. The van der Waals surface area contributed by atoms with Crippen molar-refractivity contribution in [1.29, 1.82) is 0 Å². The minimum Gasteiger partial charge on any atom is -0.423 e. The summed E-state index contributed by atoms with van der Waals surface area (Å²) in [4.78, 5) is 30.7. The third kappa shape index (κ3) is 3.69. The van der Waals surface area contributed by atoms with Gasteiger partial charge in [0.15, 0.2) is 5.58 Å². The van der Waals surface area contributed by atoms with Crippen LogP contribution >= 0.6 is 0 Å². The van der Waals surface area contributed by atoms with Crippen molar-refractivity contribution in [2.24, 2.45) is 0 Å². The largest absolute Gasteiger partial charge is 0.423 e. The molecule has 6 heteroatoms. The molecule has 1 aliphatic heterocycles. The summed E-state index contributed by atoms with van der Waals surface area (Å²) in [6, 6.07) is 16.7. The van der Waals surface area contributed by atoms with Crippen LogP contribution in [-0.2, 0) is 16.0 Å². The van der Waals surface area contributed by atoms with Gasteiger partial charge >= 0.3 is 0 Å². The number of amides is 1. The molecule has 4 rings (SSSR count). The molecule has 0 radical (unpaired) electrons. The van der Waals surface area contributed by atoms with Crippen LogP contribution in [0.1, 0.15) is 18.4 Å². The van der Waals surface area contributed by atoms with Crippen LogP contribution in [0.15, 0.2) is 59.0 Å². The Morgan fingerprint density at radius 3 is 2.78 bits per heavy atom. The van der Waals surface area contributed by atoms with E-state index in [1.807, 2.05) is 59.5 Å². The number of carbonyl (C=O) groups is 2. The van der Waals surface area contributed by atoms with Crippen molar-refractivity contribution >= 4 is 29.3 Å². The Kier molecular flexibility index (Phi) is 4.87. The first kappa shape index (κ1) is 17.3. The first-order valence-electron chi connectivity index (χ1n) is 9.16. The Morgan fingerprint density at radius 1 is 1.22 bits per heavy atom. The summed E-state index contributed by atoms with van der Waals surface area (Å²) >= 11 is 0. The van der Waals surface area contributed by atoms with E-state index in [2.05, 4.69) is 10.3 Å². The number of rotatable bonds is 6. The molecule has 6 nitrogen and oxygen atoms in total. The highest BCUT2D eigenvalue weighted by molar-refractivity contribution is 5.88. The van der Waals surface area contributed by atoms with E-state index in [9.17, 15) is 9.59 Å². The molecule has 0 unspecified atom stereocenters. The number of hydrogen-bond acceptors (Lipinski definition) is 5. The Hall–Kier alpha value is -3.15. The van der Waals surface area contributed by atoms with Crippen molar-refractivity contribution < 1.29 is 14.0 Å². The number of benzene rings is 2. The van der Waals surface area contributed by atoms with Crippen LogP contribution in [0.4, 0.5) is 6.01 Å². The van der Waals surface area contributed by atoms with Crippen LogP contribution in [0.2, 0.25) is 0 Å². The zero-order chi connectivity index (χ0) is 18.6. The van der Waals surface area contributed by atoms with Gasteiger partial charge in [0, 0.05) is 6.54 Å². The third-order valence-electron chi connectivity index (χ3n) is 4.87. The Bertz CT molecular complexity index is 905. The summed E-state index contributed by atoms with van der Waals surface area (Å²) in [7, 11) is 0. The van der Waals surface area contributed by atoms with E-state index in [4.69, 9.17) is 4.42 Å². The number of nitrogens with zero attached hydrogens (tertiary/aromatic N) is 2. The topological polar surface area (TPSA) is 75.4 Å². The standard InChI is InChI=1S/C21H21N3O3/c25-14-16(13-15-7-2-1-3-8-15)22-20(26)18-10-6-12-24(18)21-23-17-9-4-5-11-19(17)27-21/h1-5,7-9,11,14,16,18H,6,10,12-13H2,(H,22,26)/t16-,18-/m0/s1. The van der Waals surface area contributed by atoms with Crippen molar-refractivity contribution in [3.8, 4) is 0 Å². The number of nitrogens with one attached hydrogen (secondary N) is 1. The minimum absolute atomic E-state index is 0.164. The first-order valence-corrected chi connectivity index (χ1v) is 9.16. The molecule has 0 bridgehead atoms. The van der Waals surface area contributed by atoms with E-state index in [1.165, 1.54) is 0 Å². The van der Waals surface area contributed by atoms with Crippen molar-refractivity contribution in [1.82, 2.24) is 10.3 Å². The third-order valence-corrected chi connectivity index (χ3v) is 4.87. The summed E-state index contributed by atoms with van der Waals surface area (Å²) in [5.74, 6) is -0.164. The highest BCUT2D eigenvalue weighted by Gasteiger charge is 2.34. The summed E-state index contributed by atoms with van der Waals surface area (Å²) in [5.41, 5.74) is 2.49. The van der Waals surface area contributed by atoms with Gasteiger partial charge in [-0.1, -0.05) is 42.5 Å². The minimum atomic E-state index is -0.550. The molecular weight excluding hydrogens is 342 g/mol. The fourth-order valence-corrected chi connectivity index (χ4v) is 3.53. The zero-order valence-electron chi connectivity index (χ0n) is 14.9. The summed E-state index contributed by atoms with van der Waals surface area (Å²) in [6.45, 7) is 0.704. The number of carbonyl (C=O) groups excluding carboxylic acids is 2. The lowest BCUT2D eigenvalue weighted by atomic mass is 10.1. The Balaban J connectivity index is 1.47. The second kappa shape index (κ2) is 7.61. The van der Waals surface area contributed by atoms with E-state index in [-0.39, 0.29) is 11.9 Å². The van der Waals surface area contributed by atoms with Gasteiger partial charge in [0.1, 0.15) is 17.8 Å². The van der Waals surface area contributed by atoms with E-state index >= 15 is 0 Å². The molecule has 27 heavy (non-hydrogen) atoms. The molecule has 0 spiro atoms. The summed E-state index contributed by atoms with van der Waals surface area (Å²) in [6.07, 6.45) is 2.86. The molecular formula is C21H21N3O3. The van der Waals surface area contributed by atoms with Crippen molar-refractivity contribution in [3.05, 3.63) is 60.2 Å². The Morgan fingerprint density at radius 2 is 2.00 bits per heavy atom. The first-order chi connectivity index (χ1) is 13.2. The van der Waals surface area contributed by atoms with Crippen molar-refractivity contribution in [2.75, 3.05) is 11.4 Å². The lowest BCUT2D eigenvalue weighted by Crippen LogP contribution is -2.48. The highest BCUT2D eigenvalue weighted by Crippen LogP contribution is 2.28. The predicted octanol–water partition coefficient (Wildman–Crippen LogP) is 2.72. The maximum atomic E-state index is 12.8. The summed E-state index contributed by atoms with van der Waals surface area (Å²) < 4.78 is 5.82. The molecule has 138 valence electrons. The molecule has 1 fully saturated rings. The second-order valence-electron chi connectivity index (χ2n) is 6.76. The van der Waals surface area contributed by atoms with Crippen LogP contribution < -0.4 is 10.2 Å². The van der Waals surface area contributed by atoms with Gasteiger partial charge < -0.3 is 19.4 Å². The van der Waals surface area contributed by atoms with Gasteiger partial charge in [-0.05, 0) is 37.0 Å². The molecule has 1 aliphatic rings. The SMILES string of the molecule is O=C[C@H](Cc1ccccc1)NC(=O)[C@@H]1CCCN1c1nc2ccccc2o1. The number of oxazole rings is 1. The smallest absolute Gasteiger partial charge is 0.299 e. The van der Waals surface area contributed by atoms with Crippen LogP contribution in [0.25, 0.3) is 11.1 Å². The molecule has 2 atom stereocenters. The van der Waals surface area contributed by atoms with Crippen molar-refractivity contribution in [2.45, 2.75) is 31.3 Å². The highest BCUT2D eigenvalue weighted by atomic mass is 16.4. The van der Waals surface area contributed by atoms with E-state index < -0.39 is 6.04 Å². The van der Waals surface area contributed by atoms with Gasteiger partial charge in [0.05, 0.1) is 6.04 Å². The maximum absolute atomic E-state index is 12.8. The number of anilines is 1. The van der Waals surface area contributed by atoms with Gasteiger partial charge in [-0.3, -0.25) is 4.79 Å². The van der Waals surface area contributed by atoms with Crippen LogP contribution in [0, 0.1) is 0 Å².